The molecular formula is C11H11N. The average molecular weight is 157 g/mol. The summed E-state index contributed by atoms with van der Waals surface area (Å²) in [5.41, 5.74) is 4.92. The standard InChI is InChI=1S/C11H11N/c1-8-10(7-12)6-5-9-3-2-4-11(8)9/h5-6H,2-4H2,1H3. The van der Waals surface area contributed by atoms with Gasteiger partial charge < -0.3 is 0 Å². The Balaban J connectivity index is 2.63. The maximum atomic E-state index is 8.80. The van der Waals surface area contributed by atoms with Crippen LogP contribution in [0.1, 0.15) is 28.7 Å². The zero-order chi connectivity index (χ0) is 8.55. The Kier molecular flexibility index (Phi) is 1.62. The van der Waals surface area contributed by atoms with Gasteiger partial charge in [-0.3, -0.25) is 0 Å². The summed E-state index contributed by atoms with van der Waals surface area (Å²) < 4.78 is 0. The van der Waals surface area contributed by atoms with Gasteiger partial charge in [0, 0.05) is 0 Å². The maximum Gasteiger partial charge on any atom is 0.0994 e. The minimum atomic E-state index is 0.843. The van der Waals surface area contributed by atoms with Crippen LogP contribution in [0, 0.1) is 18.3 Å². The van der Waals surface area contributed by atoms with Crippen molar-refractivity contribution in [1.29, 1.82) is 5.26 Å². The smallest absolute Gasteiger partial charge is 0.0994 e. The highest BCUT2D eigenvalue weighted by atomic mass is 14.3. The number of hydrogen-bond donors (Lipinski definition) is 0. The van der Waals surface area contributed by atoms with Crippen molar-refractivity contribution in [1.82, 2.24) is 0 Å². The third-order valence-electron chi connectivity index (χ3n) is 2.69. The number of hydrogen-bond acceptors (Lipinski definition) is 1. The fraction of sp³-hybridized carbons (Fsp3) is 0.364. The molecule has 12 heavy (non-hydrogen) atoms. The van der Waals surface area contributed by atoms with Gasteiger partial charge in [0.05, 0.1) is 11.6 Å². The molecule has 0 fully saturated rings. The zero-order valence-corrected chi connectivity index (χ0v) is 7.22. The Labute approximate surface area is 72.6 Å². The lowest BCUT2D eigenvalue weighted by molar-refractivity contribution is 0.909. The monoisotopic (exact) mass is 157 g/mol. The normalized spacial score (nSPS) is 14.0. The second-order valence-electron chi connectivity index (χ2n) is 3.34. The van der Waals surface area contributed by atoms with E-state index in [4.69, 9.17) is 5.26 Å². The van der Waals surface area contributed by atoms with Crippen LogP contribution >= 0.6 is 0 Å². The van der Waals surface area contributed by atoms with Crippen LogP contribution in [0.3, 0.4) is 0 Å². The van der Waals surface area contributed by atoms with Gasteiger partial charge in [0.25, 0.3) is 0 Å². The molecule has 0 spiro atoms. The van der Waals surface area contributed by atoms with Gasteiger partial charge in [0.15, 0.2) is 0 Å². The summed E-state index contributed by atoms with van der Waals surface area (Å²) in [6, 6.07) is 6.27. The SMILES string of the molecule is Cc1c(C#N)ccc2c1CCC2. The van der Waals surface area contributed by atoms with Gasteiger partial charge in [0.1, 0.15) is 0 Å². The number of fused-ring (bicyclic) bond motifs is 1. The molecule has 0 atom stereocenters. The molecule has 0 amide bonds. The lowest BCUT2D eigenvalue weighted by Crippen LogP contribution is -1.91. The Morgan fingerprint density at radius 3 is 2.92 bits per heavy atom. The fourth-order valence-corrected chi connectivity index (χ4v) is 1.97. The van der Waals surface area contributed by atoms with E-state index >= 15 is 0 Å². The van der Waals surface area contributed by atoms with Crippen LogP contribution in [0.5, 0.6) is 0 Å². The van der Waals surface area contributed by atoms with E-state index in [0.717, 1.165) is 12.0 Å². The van der Waals surface area contributed by atoms with Gasteiger partial charge in [-0.25, -0.2) is 0 Å². The summed E-state index contributed by atoms with van der Waals surface area (Å²) in [6.45, 7) is 2.06. The highest BCUT2D eigenvalue weighted by Crippen LogP contribution is 2.26. The number of nitriles is 1. The van der Waals surface area contributed by atoms with Crippen LogP contribution in [0.4, 0.5) is 0 Å². The van der Waals surface area contributed by atoms with Crippen molar-refractivity contribution in [2.45, 2.75) is 26.2 Å². The lowest BCUT2D eigenvalue weighted by atomic mass is 10.00. The molecule has 0 saturated carbocycles. The number of rotatable bonds is 0. The molecule has 0 unspecified atom stereocenters. The first-order valence-electron chi connectivity index (χ1n) is 4.34. The van der Waals surface area contributed by atoms with Crippen LogP contribution in [-0.4, -0.2) is 0 Å². The Morgan fingerprint density at radius 2 is 2.17 bits per heavy atom. The molecule has 2 rings (SSSR count). The zero-order valence-electron chi connectivity index (χ0n) is 7.22. The average Bonchev–Trinajstić information content (AvgIpc) is 2.53. The van der Waals surface area contributed by atoms with Gasteiger partial charge >= 0.3 is 0 Å². The van der Waals surface area contributed by atoms with Crippen molar-refractivity contribution >= 4 is 0 Å². The van der Waals surface area contributed by atoms with Crippen molar-refractivity contribution in [3.05, 3.63) is 34.4 Å². The van der Waals surface area contributed by atoms with Crippen molar-refractivity contribution in [2.24, 2.45) is 0 Å². The van der Waals surface area contributed by atoms with Gasteiger partial charge in [-0.2, -0.15) is 5.26 Å². The van der Waals surface area contributed by atoms with E-state index in [1.165, 1.54) is 29.5 Å². The molecule has 60 valence electrons. The van der Waals surface area contributed by atoms with Crippen LogP contribution in [-0.2, 0) is 12.8 Å². The Morgan fingerprint density at radius 1 is 1.33 bits per heavy atom. The molecule has 0 heterocycles. The fourth-order valence-electron chi connectivity index (χ4n) is 1.97. The largest absolute Gasteiger partial charge is 0.192 e. The summed E-state index contributed by atoms with van der Waals surface area (Å²) in [7, 11) is 0. The summed E-state index contributed by atoms with van der Waals surface area (Å²) in [5, 5.41) is 8.80. The molecule has 1 aromatic carbocycles. The van der Waals surface area contributed by atoms with Crippen LogP contribution in [0.25, 0.3) is 0 Å². The summed E-state index contributed by atoms with van der Waals surface area (Å²) >= 11 is 0. The van der Waals surface area contributed by atoms with Gasteiger partial charge in [-0.05, 0) is 48.9 Å². The van der Waals surface area contributed by atoms with Crippen LogP contribution < -0.4 is 0 Å². The third kappa shape index (κ3) is 0.921. The first-order valence-corrected chi connectivity index (χ1v) is 4.34. The second kappa shape index (κ2) is 2.64. The van der Waals surface area contributed by atoms with E-state index in [0.29, 0.717) is 0 Å². The first-order chi connectivity index (χ1) is 5.83. The van der Waals surface area contributed by atoms with E-state index in [1.807, 2.05) is 6.07 Å². The van der Waals surface area contributed by atoms with Crippen molar-refractivity contribution in [3.63, 3.8) is 0 Å². The minimum absolute atomic E-state index is 0.843. The third-order valence-corrected chi connectivity index (χ3v) is 2.69. The second-order valence-corrected chi connectivity index (χ2v) is 3.34. The van der Waals surface area contributed by atoms with Crippen molar-refractivity contribution in [2.75, 3.05) is 0 Å². The predicted octanol–water partition coefficient (Wildman–Crippen LogP) is 2.36. The van der Waals surface area contributed by atoms with Gasteiger partial charge in [-0.1, -0.05) is 6.07 Å². The van der Waals surface area contributed by atoms with E-state index in [2.05, 4.69) is 19.1 Å². The quantitative estimate of drug-likeness (QED) is 0.567. The van der Waals surface area contributed by atoms with Crippen LogP contribution in [0.2, 0.25) is 0 Å². The van der Waals surface area contributed by atoms with E-state index in [9.17, 15) is 0 Å². The molecular weight excluding hydrogens is 146 g/mol. The minimum Gasteiger partial charge on any atom is -0.192 e. The molecule has 1 aliphatic rings. The van der Waals surface area contributed by atoms with Gasteiger partial charge in [-0.15, -0.1) is 0 Å². The number of nitrogens with zero attached hydrogens (tertiary/aromatic N) is 1. The molecule has 0 aliphatic heterocycles. The summed E-state index contributed by atoms with van der Waals surface area (Å²) in [5.74, 6) is 0. The molecule has 0 bridgehead atoms. The molecule has 1 aliphatic carbocycles. The van der Waals surface area contributed by atoms with Crippen LogP contribution in [0.15, 0.2) is 12.1 Å². The van der Waals surface area contributed by atoms with E-state index in [1.54, 1.807) is 0 Å². The van der Waals surface area contributed by atoms with Crippen molar-refractivity contribution < 1.29 is 0 Å². The highest BCUT2D eigenvalue weighted by Gasteiger charge is 2.14. The molecule has 1 heteroatoms. The molecule has 0 aromatic heterocycles. The Hall–Kier alpha value is -1.29. The molecule has 0 radical (unpaired) electrons. The maximum absolute atomic E-state index is 8.80. The summed E-state index contributed by atoms with van der Waals surface area (Å²) in [4.78, 5) is 0. The van der Waals surface area contributed by atoms with E-state index in [-0.39, 0.29) is 0 Å². The number of benzene rings is 1. The topological polar surface area (TPSA) is 23.8 Å². The lowest BCUT2D eigenvalue weighted by Gasteiger charge is -2.04. The molecule has 0 saturated heterocycles. The Bertz CT molecular complexity index is 358. The first kappa shape index (κ1) is 7.36. The highest BCUT2D eigenvalue weighted by molar-refractivity contribution is 5.47. The van der Waals surface area contributed by atoms with E-state index < -0.39 is 0 Å². The van der Waals surface area contributed by atoms with Crippen molar-refractivity contribution in [3.8, 4) is 6.07 Å². The molecule has 1 nitrogen and oxygen atoms in total. The molecule has 1 aromatic rings. The van der Waals surface area contributed by atoms with Gasteiger partial charge in [0.2, 0.25) is 0 Å². The number of aryl methyl sites for hydroxylation is 1. The summed E-state index contributed by atoms with van der Waals surface area (Å²) in [6.07, 6.45) is 3.61. The molecule has 0 N–H and O–H groups in total. The predicted molar refractivity (Wildman–Crippen MR) is 47.9 cm³/mol.